The first-order chi connectivity index (χ1) is 15.0. The zero-order chi connectivity index (χ0) is 21.8. The first kappa shape index (κ1) is 20.8. The fourth-order valence-electron chi connectivity index (χ4n) is 3.55. The van der Waals surface area contributed by atoms with E-state index in [2.05, 4.69) is 5.10 Å². The number of aliphatic hydroxyl groups is 1. The third-order valence-corrected chi connectivity index (χ3v) is 5.00. The smallest absolute Gasteiger partial charge is 0.258 e. The molecule has 2 aromatic carbocycles. The van der Waals surface area contributed by atoms with Gasteiger partial charge in [0.05, 0.1) is 24.4 Å². The molecule has 0 amide bonds. The molecule has 7 nitrogen and oxygen atoms in total. The van der Waals surface area contributed by atoms with E-state index in [9.17, 15) is 9.90 Å². The molecule has 0 aliphatic heterocycles. The highest BCUT2D eigenvalue weighted by atomic mass is 16.5. The van der Waals surface area contributed by atoms with Gasteiger partial charge < -0.3 is 14.7 Å². The van der Waals surface area contributed by atoms with E-state index in [1.807, 2.05) is 67.5 Å². The first-order valence-electron chi connectivity index (χ1n) is 10.2. The number of hydrogen-bond donors (Lipinski definition) is 1. The van der Waals surface area contributed by atoms with Gasteiger partial charge in [-0.3, -0.25) is 14.0 Å². The van der Waals surface area contributed by atoms with Crippen LogP contribution in [0.1, 0.15) is 5.56 Å². The lowest BCUT2D eigenvalue weighted by Crippen LogP contribution is -2.29. The predicted molar refractivity (Wildman–Crippen MR) is 121 cm³/mol. The Labute approximate surface area is 180 Å². The number of aliphatic hydroxyl groups excluding tert-OH is 1. The van der Waals surface area contributed by atoms with Crippen LogP contribution in [0.4, 0.5) is 0 Å². The Morgan fingerprint density at radius 2 is 1.90 bits per heavy atom. The summed E-state index contributed by atoms with van der Waals surface area (Å²) >= 11 is 0. The molecule has 0 unspecified atom stereocenters. The molecule has 7 heteroatoms. The summed E-state index contributed by atoms with van der Waals surface area (Å²) in [6.45, 7) is 1.39. The van der Waals surface area contributed by atoms with E-state index >= 15 is 0 Å². The van der Waals surface area contributed by atoms with Crippen LogP contribution >= 0.6 is 0 Å². The third kappa shape index (κ3) is 5.02. The summed E-state index contributed by atoms with van der Waals surface area (Å²) in [7, 11) is 3.85. The van der Waals surface area contributed by atoms with Crippen molar-refractivity contribution in [2.75, 3.05) is 20.6 Å². The molecule has 0 bridgehead atoms. The van der Waals surface area contributed by atoms with Crippen LogP contribution in [0.15, 0.2) is 77.9 Å². The lowest BCUT2D eigenvalue weighted by atomic mass is 10.2. The van der Waals surface area contributed by atoms with Gasteiger partial charge in [-0.1, -0.05) is 30.3 Å². The van der Waals surface area contributed by atoms with E-state index < -0.39 is 6.10 Å². The van der Waals surface area contributed by atoms with Gasteiger partial charge >= 0.3 is 0 Å². The fraction of sp³-hybridized carbons (Fsp3) is 0.250. The summed E-state index contributed by atoms with van der Waals surface area (Å²) in [6, 6.07) is 18.8. The van der Waals surface area contributed by atoms with Crippen molar-refractivity contribution in [3.63, 3.8) is 0 Å². The molecular weight excluding hydrogens is 392 g/mol. The summed E-state index contributed by atoms with van der Waals surface area (Å²) in [5.74, 6) is 0.536. The molecule has 160 valence electrons. The highest BCUT2D eigenvalue weighted by Gasteiger charge is 2.11. The van der Waals surface area contributed by atoms with E-state index in [1.165, 1.54) is 6.07 Å². The van der Waals surface area contributed by atoms with E-state index in [4.69, 9.17) is 4.74 Å². The van der Waals surface area contributed by atoms with Crippen molar-refractivity contribution in [1.29, 1.82) is 0 Å². The van der Waals surface area contributed by atoms with E-state index in [0.29, 0.717) is 25.4 Å². The molecule has 0 saturated heterocycles. The number of aromatic nitrogens is 3. The molecule has 0 aliphatic carbocycles. The molecule has 0 aliphatic rings. The van der Waals surface area contributed by atoms with Crippen molar-refractivity contribution >= 4 is 10.9 Å². The second-order valence-electron chi connectivity index (χ2n) is 7.83. The second-order valence-corrected chi connectivity index (χ2v) is 7.83. The van der Waals surface area contributed by atoms with Gasteiger partial charge in [0, 0.05) is 29.9 Å². The van der Waals surface area contributed by atoms with Crippen LogP contribution < -0.4 is 10.3 Å². The highest BCUT2D eigenvalue weighted by Crippen LogP contribution is 2.19. The second kappa shape index (κ2) is 9.16. The molecular formula is C24H26N4O3. The molecule has 0 fully saturated rings. The topological polar surface area (TPSA) is 72.5 Å². The number of pyridine rings is 1. The van der Waals surface area contributed by atoms with Gasteiger partial charge in [0.15, 0.2) is 0 Å². The molecule has 0 saturated carbocycles. The monoisotopic (exact) mass is 418 g/mol. The average Bonchev–Trinajstić information content (AvgIpc) is 3.14. The minimum Gasteiger partial charge on any atom is -0.489 e. The van der Waals surface area contributed by atoms with Crippen LogP contribution in [0, 0.1) is 0 Å². The third-order valence-electron chi connectivity index (χ3n) is 5.00. The molecule has 2 aromatic heterocycles. The molecule has 1 atom stereocenters. The van der Waals surface area contributed by atoms with E-state index in [0.717, 1.165) is 22.2 Å². The fourth-order valence-corrected chi connectivity index (χ4v) is 3.55. The summed E-state index contributed by atoms with van der Waals surface area (Å²) in [5.41, 5.74) is 2.54. The Morgan fingerprint density at radius 3 is 2.65 bits per heavy atom. The molecule has 2 heterocycles. The lowest BCUT2D eigenvalue weighted by Gasteiger charge is -2.16. The lowest BCUT2D eigenvalue weighted by molar-refractivity contribution is 0.117. The highest BCUT2D eigenvalue weighted by molar-refractivity contribution is 5.80. The van der Waals surface area contributed by atoms with Gasteiger partial charge in [0.1, 0.15) is 12.4 Å². The Bertz CT molecular complexity index is 1210. The zero-order valence-corrected chi connectivity index (χ0v) is 17.7. The summed E-state index contributed by atoms with van der Waals surface area (Å²) in [4.78, 5) is 14.6. The molecule has 0 spiro atoms. The van der Waals surface area contributed by atoms with Crippen molar-refractivity contribution in [2.45, 2.75) is 19.3 Å². The van der Waals surface area contributed by atoms with Gasteiger partial charge in [-0.05, 0) is 43.9 Å². The standard InChI is InChI=1S/C24H26N4O3/c1-26(2)15-21(29)16-28-23-9-8-20(12-19(23)14-25-28)27-11-10-22(13-24(27)30)31-17-18-6-4-3-5-7-18/h3-14,21,29H,15-17H2,1-2H3/t21-/m1/s1. The number of ether oxygens (including phenoxy) is 1. The van der Waals surface area contributed by atoms with Gasteiger partial charge in [-0.25, -0.2) is 0 Å². The maximum atomic E-state index is 12.7. The number of fused-ring (bicyclic) bond motifs is 1. The number of benzene rings is 2. The van der Waals surface area contributed by atoms with Crippen molar-refractivity contribution in [2.24, 2.45) is 0 Å². The maximum absolute atomic E-state index is 12.7. The molecule has 31 heavy (non-hydrogen) atoms. The molecule has 4 aromatic rings. The maximum Gasteiger partial charge on any atom is 0.258 e. The number of nitrogens with zero attached hydrogens (tertiary/aromatic N) is 4. The van der Waals surface area contributed by atoms with Crippen molar-refractivity contribution in [3.8, 4) is 11.4 Å². The predicted octanol–water partition coefficient (Wildman–Crippen LogP) is 2.69. The number of hydrogen-bond acceptors (Lipinski definition) is 5. The molecule has 1 N–H and O–H groups in total. The van der Waals surface area contributed by atoms with E-state index in [-0.39, 0.29) is 5.56 Å². The van der Waals surface area contributed by atoms with Crippen molar-refractivity contribution in [3.05, 3.63) is 89.0 Å². The first-order valence-corrected chi connectivity index (χ1v) is 10.2. The summed E-state index contributed by atoms with van der Waals surface area (Å²) in [6.07, 6.45) is 2.96. The minimum atomic E-state index is -0.510. The van der Waals surface area contributed by atoms with Crippen molar-refractivity contribution < 1.29 is 9.84 Å². The van der Waals surface area contributed by atoms with Crippen molar-refractivity contribution in [1.82, 2.24) is 19.2 Å². The van der Waals surface area contributed by atoms with Crippen LogP contribution in [0.3, 0.4) is 0 Å². The molecule has 4 rings (SSSR count). The average molecular weight is 418 g/mol. The van der Waals surface area contributed by atoms with Crippen LogP contribution in [0.5, 0.6) is 5.75 Å². The van der Waals surface area contributed by atoms with Gasteiger partial charge in [-0.2, -0.15) is 5.10 Å². The Kier molecular flexibility index (Phi) is 6.16. The van der Waals surface area contributed by atoms with Crippen LogP contribution in [0.2, 0.25) is 0 Å². The van der Waals surface area contributed by atoms with Crippen LogP contribution in [-0.2, 0) is 13.2 Å². The van der Waals surface area contributed by atoms with Gasteiger partial charge in [0.25, 0.3) is 5.56 Å². The largest absolute Gasteiger partial charge is 0.489 e. The summed E-state index contributed by atoms with van der Waals surface area (Å²) in [5, 5.41) is 15.5. The Hall–Kier alpha value is -3.42. The zero-order valence-electron chi connectivity index (χ0n) is 17.7. The SMILES string of the molecule is CN(C)C[C@@H](O)Cn1ncc2cc(-n3ccc(OCc4ccccc4)cc3=O)ccc21. The minimum absolute atomic E-state index is 0.168. The quantitative estimate of drug-likeness (QED) is 0.476. The summed E-state index contributed by atoms with van der Waals surface area (Å²) < 4.78 is 9.11. The van der Waals surface area contributed by atoms with Crippen LogP contribution in [0.25, 0.3) is 16.6 Å². The Balaban J connectivity index is 1.51. The van der Waals surface area contributed by atoms with E-state index in [1.54, 1.807) is 27.7 Å². The number of rotatable bonds is 8. The van der Waals surface area contributed by atoms with Crippen LogP contribution in [-0.4, -0.2) is 51.1 Å². The molecule has 0 radical (unpaired) electrons. The normalized spacial score (nSPS) is 12.4. The number of likely N-dealkylation sites (N-methyl/N-ethyl adjacent to an activating group) is 1. The Morgan fingerprint density at radius 1 is 1.10 bits per heavy atom. The van der Waals surface area contributed by atoms with Gasteiger partial charge in [-0.15, -0.1) is 0 Å². The van der Waals surface area contributed by atoms with Gasteiger partial charge in [0.2, 0.25) is 0 Å².